The van der Waals surface area contributed by atoms with Crippen molar-refractivity contribution in [1.29, 1.82) is 0 Å². The summed E-state index contributed by atoms with van der Waals surface area (Å²) in [5.41, 5.74) is 0. The number of carbonyl (C=O) groups is 2. The van der Waals surface area contributed by atoms with Gasteiger partial charge in [0.1, 0.15) is 0 Å². The molecule has 0 spiro atoms. The fourth-order valence-corrected chi connectivity index (χ4v) is 2.68. The minimum absolute atomic E-state index is 0.0553. The highest BCUT2D eigenvalue weighted by atomic mass is 32.2. The third kappa shape index (κ3) is 4.91. The van der Waals surface area contributed by atoms with E-state index in [1.165, 1.54) is 0 Å². The smallest absolute Gasteiger partial charge is 0.320 e. The Hall–Kier alpha value is -0.950. The predicted molar refractivity (Wildman–Crippen MR) is 74.6 cm³/mol. The molecule has 1 N–H and O–H groups in total. The second kappa shape index (κ2) is 7.59. The molecular weight excluding hydrogens is 268 g/mol. The van der Waals surface area contributed by atoms with Crippen molar-refractivity contribution in [2.75, 3.05) is 38.8 Å². The number of amides is 2. The van der Waals surface area contributed by atoms with Crippen LogP contribution < -0.4 is 0 Å². The van der Waals surface area contributed by atoms with E-state index in [-0.39, 0.29) is 18.5 Å². The first-order chi connectivity index (χ1) is 8.95. The summed E-state index contributed by atoms with van der Waals surface area (Å²) in [6, 6.07) is 0.100. The Balaban J connectivity index is 2.53. The quantitative estimate of drug-likeness (QED) is 0.817. The Morgan fingerprint density at radius 1 is 1.58 bits per heavy atom. The molecule has 0 aromatic carbocycles. The SMILES string of the molecule is CSCC(C)N(C)C(=O)N1CCOC(CC(=O)O)C1. The van der Waals surface area contributed by atoms with Crippen molar-refractivity contribution in [3.05, 3.63) is 0 Å². The normalized spacial score (nSPS) is 21.0. The van der Waals surface area contributed by atoms with Crippen LogP contribution in [0, 0.1) is 0 Å². The molecule has 0 saturated carbocycles. The van der Waals surface area contributed by atoms with Gasteiger partial charge in [-0.15, -0.1) is 0 Å². The first-order valence-corrected chi connectivity index (χ1v) is 7.69. The topological polar surface area (TPSA) is 70.1 Å². The summed E-state index contributed by atoms with van der Waals surface area (Å²) in [6.07, 6.45) is 1.54. The highest BCUT2D eigenvalue weighted by Crippen LogP contribution is 2.13. The Morgan fingerprint density at radius 2 is 2.26 bits per heavy atom. The van der Waals surface area contributed by atoms with Crippen molar-refractivity contribution in [3.63, 3.8) is 0 Å². The van der Waals surface area contributed by atoms with Gasteiger partial charge in [-0.2, -0.15) is 11.8 Å². The molecule has 1 fully saturated rings. The lowest BCUT2D eigenvalue weighted by atomic mass is 10.2. The van der Waals surface area contributed by atoms with Gasteiger partial charge in [0.25, 0.3) is 0 Å². The second-order valence-corrected chi connectivity index (χ2v) is 5.65. The van der Waals surface area contributed by atoms with Crippen molar-refractivity contribution >= 4 is 23.8 Å². The number of aliphatic carboxylic acids is 1. The van der Waals surface area contributed by atoms with Crippen LogP contribution in [-0.2, 0) is 9.53 Å². The van der Waals surface area contributed by atoms with Gasteiger partial charge in [0.15, 0.2) is 0 Å². The van der Waals surface area contributed by atoms with E-state index in [2.05, 4.69) is 0 Å². The summed E-state index contributed by atoms with van der Waals surface area (Å²) < 4.78 is 5.36. The molecule has 0 aromatic rings. The Kier molecular flexibility index (Phi) is 6.44. The van der Waals surface area contributed by atoms with Crippen molar-refractivity contribution < 1.29 is 19.4 Å². The molecule has 2 unspecified atom stereocenters. The molecule has 1 saturated heterocycles. The van der Waals surface area contributed by atoms with E-state index in [4.69, 9.17) is 9.84 Å². The van der Waals surface area contributed by atoms with E-state index < -0.39 is 12.1 Å². The molecule has 1 rings (SSSR count). The van der Waals surface area contributed by atoms with Crippen molar-refractivity contribution in [1.82, 2.24) is 9.80 Å². The monoisotopic (exact) mass is 290 g/mol. The number of nitrogens with zero attached hydrogens (tertiary/aromatic N) is 2. The van der Waals surface area contributed by atoms with Crippen LogP contribution >= 0.6 is 11.8 Å². The number of carboxylic acid groups (broad SMARTS) is 1. The van der Waals surface area contributed by atoms with Gasteiger partial charge in [0, 0.05) is 31.9 Å². The van der Waals surface area contributed by atoms with Crippen molar-refractivity contribution in [2.45, 2.75) is 25.5 Å². The molecule has 7 heteroatoms. The summed E-state index contributed by atoms with van der Waals surface area (Å²) in [5.74, 6) is -0.0195. The van der Waals surface area contributed by atoms with E-state index in [0.717, 1.165) is 5.75 Å². The van der Waals surface area contributed by atoms with Gasteiger partial charge >= 0.3 is 12.0 Å². The predicted octanol–water partition coefficient (Wildman–Crippen LogP) is 0.965. The van der Waals surface area contributed by atoms with Gasteiger partial charge in [0.05, 0.1) is 19.1 Å². The first kappa shape index (κ1) is 16.1. The standard InChI is InChI=1S/C12H22N2O4S/c1-9(8-19-3)13(2)12(17)14-4-5-18-10(7-14)6-11(15)16/h9-10H,4-8H2,1-3H3,(H,15,16). The lowest BCUT2D eigenvalue weighted by Gasteiger charge is -2.36. The van der Waals surface area contributed by atoms with Gasteiger partial charge in [-0.3, -0.25) is 4.79 Å². The summed E-state index contributed by atoms with van der Waals surface area (Å²) in [7, 11) is 1.78. The second-order valence-electron chi connectivity index (χ2n) is 4.73. The lowest BCUT2D eigenvalue weighted by Crippen LogP contribution is -2.52. The molecule has 1 heterocycles. The maximum Gasteiger partial charge on any atom is 0.320 e. The molecule has 2 amide bonds. The molecule has 110 valence electrons. The summed E-state index contributed by atoms with van der Waals surface area (Å²) in [6.45, 7) is 3.27. The molecule has 6 nitrogen and oxygen atoms in total. The Bertz CT molecular complexity index is 327. The average Bonchev–Trinajstić information content (AvgIpc) is 2.36. The fraction of sp³-hybridized carbons (Fsp3) is 0.833. The zero-order chi connectivity index (χ0) is 14.4. The Morgan fingerprint density at radius 3 is 2.84 bits per heavy atom. The number of rotatable bonds is 5. The van der Waals surface area contributed by atoms with Crippen LogP contribution in [0.5, 0.6) is 0 Å². The van der Waals surface area contributed by atoms with E-state index in [0.29, 0.717) is 19.7 Å². The molecule has 1 aliphatic rings. The number of carboxylic acids is 1. The van der Waals surface area contributed by atoms with Crippen LogP contribution in [0.15, 0.2) is 0 Å². The van der Waals surface area contributed by atoms with E-state index in [9.17, 15) is 9.59 Å². The van der Waals surface area contributed by atoms with Gasteiger partial charge in [-0.05, 0) is 13.2 Å². The highest BCUT2D eigenvalue weighted by molar-refractivity contribution is 7.98. The van der Waals surface area contributed by atoms with Crippen LogP contribution in [0.3, 0.4) is 0 Å². The maximum atomic E-state index is 12.3. The molecule has 0 aliphatic carbocycles. The van der Waals surface area contributed by atoms with Crippen LogP contribution in [0.1, 0.15) is 13.3 Å². The number of hydrogen-bond acceptors (Lipinski definition) is 4. The molecule has 0 aromatic heterocycles. The third-order valence-corrected chi connectivity index (χ3v) is 4.00. The number of urea groups is 1. The average molecular weight is 290 g/mol. The minimum Gasteiger partial charge on any atom is -0.481 e. The van der Waals surface area contributed by atoms with Crippen molar-refractivity contribution in [2.24, 2.45) is 0 Å². The van der Waals surface area contributed by atoms with Gasteiger partial charge in [-0.1, -0.05) is 0 Å². The van der Waals surface area contributed by atoms with Crippen LogP contribution in [0.25, 0.3) is 0 Å². The number of ether oxygens (including phenoxy) is 1. The maximum absolute atomic E-state index is 12.3. The number of hydrogen-bond donors (Lipinski definition) is 1. The zero-order valence-electron chi connectivity index (χ0n) is 11.7. The van der Waals surface area contributed by atoms with Crippen LogP contribution in [-0.4, -0.2) is 77.8 Å². The number of thioether (sulfide) groups is 1. The van der Waals surface area contributed by atoms with Gasteiger partial charge in [0.2, 0.25) is 0 Å². The summed E-state index contributed by atoms with van der Waals surface area (Å²) in [4.78, 5) is 26.3. The first-order valence-electron chi connectivity index (χ1n) is 6.29. The van der Waals surface area contributed by atoms with E-state index in [1.807, 2.05) is 13.2 Å². The van der Waals surface area contributed by atoms with Gasteiger partial charge < -0.3 is 19.6 Å². The molecular formula is C12H22N2O4S. The van der Waals surface area contributed by atoms with E-state index >= 15 is 0 Å². The molecule has 2 atom stereocenters. The molecule has 1 aliphatic heterocycles. The molecule has 0 bridgehead atoms. The Labute approximate surface area is 118 Å². The van der Waals surface area contributed by atoms with Crippen molar-refractivity contribution in [3.8, 4) is 0 Å². The third-order valence-electron chi connectivity index (χ3n) is 3.18. The molecule has 0 radical (unpaired) electrons. The molecule has 19 heavy (non-hydrogen) atoms. The highest BCUT2D eigenvalue weighted by Gasteiger charge is 2.28. The number of carbonyl (C=O) groups excluding carboxylic acids is 1. The minimum atomic E-state index is -0.900. The lowest BCUT2D eigenvalue weighted by molar-refractivity contribution is -0.141. The number of morpholine rings is 1. The summed E-state index contributed by atoms with van der Waals surface area (Å²) in [5, 5.41) is 8.76. The zero-order valence-corrected chi connectivity index (χ0v) is 12.5. The largest absolute Gasteiger partial charge is 0.481 e. The fourth-order valence-electron chi connectivity index (χ4n) is 1.98. The summed E-state index contributed by atoms with van der Waals surface area (Å²) >= 11 is 1.70. The van der Waals surface area contributed by atoms with Gasteiger partial charge in [-0.25, -0.2) is 4.79 Å². The van der Waals surface area contributed by atoms with Crippen LogP contribution in [0.4, 0.5) is 4.79 Å². The van der Waals surface area contributed by atoms with Crippen LogP contribution in [0.2, 0.25) is 0 Å². The van der Waals surface area contributed by atoms with E-state index in [1.54, 1.807) is 28.6 Å².